The first-order valence-electron chi connectivity index (χ1n) is 9.61. The second kappa shape index (κ2) is 9.75. The summed E-state index contributed by atoms with van der Waals surface area (Å²) in [6.45, 7) is 7.28. The number of nitrogens with one attached hydrogen (secondary N) is 1. The van der Waals surface area contributed by atoms with Crippen LogP contribution in [0.1, 0.15) is 29.2 Å². The quantitative estimate of drug-likeness (QED) is 0.443. The van der Waals surface area contributed by atoms with Crippen molar-refractivity contribution in [3.63, 3.8) is 0 Å². The van der Waals surface area contributed by atoms with E-state index >= 15 is 0 Å². The van der Waals surface area contributed by atoms with Crippen molar-refractivity contribution in [1.29, 1.82) is 5.26 Å². The van der Waals surface area contributed by atoms with Gasteiger partial charge < -0.3 is 15.0 Å². The average Bonchev–Trinajstić information content (AvgIpc) is 2.68. The molecule has 0 spiro atoms. The Morgan fingerprint density at radius 3 is 2.17 bits per heavy atom. The van der Waals surface area contributed by atoms with Gasteiger partial charge >= 0.3 is 5.97 Å². The highest BCUT2D eigenvalue weighted by Crippen LogP contribution is 2.22. The molecule has 1 N–H and O–H groups in total. The van der Waals surface area contributed by atoms with Gasteiger partial charge in [-0.3, -0.25) is 4.79 Å². The smallest absolute Gasteiger partial charge is 0.349 e. The Balaban J connectivity index is 2.09. The van der Waals surface area contributed by atoms with Crippen molar-refractivity contribution in [2.24, 2.45) is 0 Å². The molecule has 0 heterocycles. The van der Waals surface area contributed by atoms with Crippen molar-refractivity contribution >= 4 is 29.3 Å². The van der Waals surface area contributed by atoms with Crippen molar-refractivity contribution in [3.8, 4) is 6.07 Å². The van der Waals surface area contributed by atoms with Crippen LogP contribution in [-0.2, 0) is 14.3 Å². The number of aryl methyl sites for hydroxylation is 3. The van der Waals surface area contributed by atoms with Gasteiger partial charge in [0.15, 0.2) is 6.10 Å². The SMILES string of the molecule is Cc1cc(C)c(NC(=O)[C@H](C)OC(=O)/C(C#N)=C/c2ccc(N(C)C)cc2)c(C)c1. The standard InChI is InChI=1S/C24H27N3O3/c1-15-11-16(2)22(17(3)12-15)26-23(28)18(4)30-24(29)20(14-25)13-19-7-9-21(10-8-19)27(5)6/h7-13,18H,1-6H3,(H,26,28)/b20-13+/t18-/m0/s1. The van der Waals surface area contributed by atoms with Gasteiger partial charge in [0.05, 0.1) is 0 Å². The molecule has 6 heteroatoms. The van der Waals surface area contributed by atoms with Gasteiger partial charge in [-0.1, -0.05) is 29.8 Å². The van der Waals surface area contributed by atoms with E-state index in [1.165, 1.54) is 13.0 Å². The fourth-order valence-corrected chi connectivity index (χ4v) is 3.05. The minimum Gasteiger partial charge on any atom is -0.448 e. The molecule has 30 heavy (non-hydrogen) atoms. The largest absolute Gasteiger partial charge is 0.448 e. The van der Waals surface area contributed by atoms with E-state index in [1.807, 2.05) is 70.1 Å². The number of amides is 1. The van der Waals surface area contributed by atoms with Gasteiger partial charge in [0.1, 0.15) is 11.6 Å². The zero-order chi connectivity index (χ0) is 22.4. The Morgan fingerprint density at radius 2 is 1.67 bits per heavy atom. The van der Waals surface area contributed by atoms with E-state index in [2.05, 4.69) is 5.32 Å². The molecule has 2 aromatic rings. The first kappa shape index (κ1) is 22.7. The van der Waals surface area contributed by atoms with Crippen LogP contribution in [0.15, 0.2) is 42.0 Å². The maximum absolute atomic E-state index is 12.5. The Labute approximate surface area is 177 Å². The molecule has 1 amide bonds. The van der Waals surface area contributed by atoms with Crippen molar-refractivity contribution < 1.29 is 14.3 Å². The molecule has 6 nitrogen and oxygen atoms in total. The number of esters is 1. The zero-order valence-electron chi connectivity index (χ0n) is 18.2. The van der Waals surface area contributed by atoms with E-state index in [4.69, 9.17) is 4.74 Å². The lowest BCUT2D eigenvalue weighted by Gasteiger charge is -2.16. The van der Waals surface area contributed by atoms with E-state index in [-0.39, 0.29) is 5.57 Å². The fraction of sp³-hybridized carbons (Fsp3) is 0.292. The van der Waals surface area contributed by atoms with Crippen LogP contribution in [0, 0.1) is 32.1 Å². The van der Waals surface area contributed by atoms with Gasteiger partial charge in [0.25, 0.3) is 5.91 Å². The van der Waals surface area contributed by atoms with Crippen molar-refractivity contribution in [1.82, 2.24) is 0 Å². The second-order valence-electron chi connectivity index (χ2n) is 7.47. The first-order valence-corrected chi connectivity index (χ1v) is 9.61. The third-order valence-corrected chi connectivity index (χ3v) is 4.64. The molecule has 0 aromatic heterocycles. The summed E-state index contributed by atoms with van der Waals surface area (Å²) in [5.41, 5.74) is 5.18. The Morgan fingerprint density at radius 1 is 1.10 bits per heavy atom. The summed E-state index contributed by atoms with van der Waals surface area (Å²) in [6.07, 6.45) is 0.395. The molecule has 1 atom stereocenters. The van der Waals surface area contributed by atoms with Crippen LogP contribution in [0.2, 0.25) is 0 Å². The summed E-state index contributed by atoms with van der Waals surface area (Å²) in [7, 11) is 3.85. The van der Waals surface area contributed by atoms with Crippen molar-refractivity contribution in [2.75, 3.05) is 24.3 Å². The Hall–Kier alpha value is -3.59. The van der Waals surface area contributed by atoms with Gasteiger partial charge in [0.2, 0.25) is 0 Å². The molecular formula is C24H27N3O3. The summed E-state index contributed by atoms with van der Waals surface area (Å²) in [5.74, 6) is -1.29. The maximum atomic E-state index is 12.5. The number of carbonyl (C=O) groups is 2. The molecule has 0 saturated heterocycles. The highest BCUT2D eigenvalue weighted by atomic mass is 16.5. The number of benzene rings is 2. The van der Waals surface area contributed by atoms with E-state index < -0.39 is 18.0 Å². The van der Waals surface area contributed by atoms with Crippen molar-refractivity contribution in [3.05, 3.63) is 64.2 Å². The third kappa shape index (κ3) is 5.71. The number of hydrogen-bond acceptors (Lipinski definition) is 5. The lowest BCUT2D eigenvalue weighted by atomic mass is 10.0. The van der Waals surface area contributed by atoms with Gasteiger partial charge in [-0.15, -0.1) is 0 Å². The normalized spacial score (nSPS) is 12.0. The molecule has 0 bridgehead atoms. The average molecular weight is 405 g/mol. The summed E-state index contributed by atoms with van der Waals surface area (Å²) in [4.78, 5) is 26.9. The highest BCUT2D eigenvalue weighted by Gasteiger charge is 2.21. The summed E-state index contributed by atoms with van der Waals surface area (Å²) in [6, 6.07) is 13.2. The van der Waals surface area contributed by atoms with E-state index in [1.54, 1.807) is 12.1 Å². The van der Waals surface area contributed by atoms with Crippen LogP contribution in [-0.4, -0.2) is 32.1 Å². The maximum Gasteiger partial charge on any atom is 0.349 e. The molecule has 0 aliphatic carbocycles. The number of rotatable bonds is 6. The first-order chi connectivity index (χ1) is 14.1. The predicted octanol–water partition coefficient (Wildman–Crippen LogP) is 4.16. The van der Waals surface area contributed by atoms with Crippen LogP contribution in [0.3, 0.4) is 0 Å². The lowest BCUT2D eigenvalue weighted by Crippen LogP contribution is -2.30. The number of ether oxygens (including phenoxy) is 1. The number of anilines is 2. The number of nitrogens with zero attached hydrogens (tertiary/aromatic N) is 2. The minimum absolute atomic E-state index is 0.171. The van der Waals surface area contributed by atoms with Crippen molar-refractivity contribution in [2.45, 2.75) is 33.8 Å². The Kier molecular flexibility index (Phi) is 7.38. The summed E-state index contributed by atoms with van der Waals surface area (Å²) >= 11 is 0. The topological polar surface area (TPSA) is 82.4 Å². The van der Waals surface area contributed by atoms with E-state index in [0.717, 1.165) is 22.4 Å². The Bertz CT molecular complexity index is 992. The number of carbonyl (C=O) groups excluding carboxylic acids is 2. The van der Waals surface area contributed by atoms with Crippen LogP contribution in [0.5, 0.6) is 0 Å². The van der Waals surface area contributed by atoms with Gasteiger partial charge in [0, 0.05) is 25.5 Å². The second-order valence-corrected chi connectivity index (χ2v) is 7.47. The lowest BCUT2D eigenvalue weighted by molar-refractivity contribution is -0.148. The molecule has 0 radical (unpaired) electrons. The van der Waals surface area contributed by atoms with Gasteiger partial charge in [-0.2, -0.15) is 5.26 Å². The molecule has 0 unspecified atom stereocenters. The fourth-order valence-electron chi connectivity index (χ4n) is 3.05. The molecule has 0 saturated carbocycles. The minimum atomic E-state index is -1.05. The van der Waals surface area contributed by atoms with Crippen LogP contribution in [0.25, 0.3) is 6.08 Å². The zero-order valence-corrected chi connectivity index (χ0v) is 18.2. The molecule has 0 aliphatic rings. The highest BCUT2D eigenvalue weighted by molar-refractivity contribution is 6.01. The van der Waals surface area contributed by atoms with E-state index in [9.17, 15) is 14.9 Å². The van der Waals surface area contributed by atoms with Crippen LogP contribution < -0.4 is 10.2 Å². The number of nitriles is 1. The third-order valence-electron chi connectivity index (χ3n) is 4.64. The summed E-state index contributed by atoms with van der Waals surface area (Å²) in [5, 5.41) is 12.2. The van der Waals surface area contributed by atoms with Crippen LogP contribution >= 0.6 is 0 Å². The van der Waals surface area contributed by atoms with Gasteiger partial charge in [-0.25, -0.2) is 4.79 Å². The monoisotopic (exact) mass is 405 g/mol. The number of hydrogen-bond donors (Lipinski definition) is 1. The molecule has 2 rings (SSSR count). The van der Waals surface area contributed by atoms with E-state index in [0.29, 0.717) is 11.3 Å². The van der Waals surface area contributed by atoms with Crippen LogP contribution in [0.4, 0.5) is 11.4 Å². The molecular weight excluding hydrogens is 378 g/mol. The van der Waals surface area contributed by atoms with Gasteiger partial charge in [-0.05, 0) is 62.6 Å². The predicted molar refractivity (Wildman–Crippen MR) is 119 cm³/mol. The molecule has 156 valence electrons. The molecule has 2 aromatic carbocycles. The summed E-state index contributed by atoms with van der Waals surface area (Å²) < 4.78 is 5.23. The molecule has 0 fully saturated rings. The molecule has 0 aliphatic heterocycles.